The standard InChI is InChI=1S/C14H17ClO3/c15-13-3-1-2-11(7-13)6-12(14(16)17)9-18-8-10-4-5-10/h1-3,7,10,12H,4-6,8-9H2,(H,16,17). The summed E-state index contributed by atoms with van der Waals surface area (Å²) in [5.74, 6) is -0.654. The Morgan fingerprint density at radius 2 is 2.28 bits per heavy atom. The minimum atomic E-state index is -0.814. The number of carboxylic acid groups (broad SMARTS) is 1. The van der Waals surface area contributed by atoms with Crippen LogP contribution >= 0.6 is 11.6 Å². The molecule has 18 heavy (non-hydrogen) atoms. The van der Waals surface area contributed by atoms with Crippen molar-refractivity contribution in [1.29, 1.82) is 0 Å². The molecule has 1 atom stereocenters. The molecule has 0 radical (unpaired) electrons. The van der Waals surface area contributed by atoms with E-state index in [0.29, 0.717) is 24.0 Å². The molecule has 1 N–H and O–H groups in total. The summed E-state index contributed by atoms with van der Waals surface area (Å²) in [4.78, 5) is 11.2. The molecule has 1 fully saturated rings. The maximum Gasteiger partial charge on any atom is 0.309 e. The Hall–Kier alpha value is -1.06. The van der Waals surface area contributed by atoms with Crippen molar-refractivity contribution in [2.75, 3.05) is 13.2 Å². The summed E-state index contributed by atoms with van der Waals surface area (Å²) in [6.45, 7) is 0.970. The molecule has 2 rings (SSSR count). The van der Waals surface area contributed by atoms with Gasteiger partial charge in [-0.05, 0) is 42.9 Å². The molecular weight excluding hydrogens is 252 g/mol. The highest BCUT2D eigenvalue weighted by Gasteiger charge is 2.23. The van der Waals surface area contributed by atoms with Gasteiger partial charge in [0, 0.05) is 11.6 Å². The molecule has 1 aromatic carbocycles. The summed E-state index contributed by atoms with van der Waals surface area (Å²) in [7, 11) is 0. The normalized spacial score (nSPS) is 16.5. The average molecular weight is 269 g/mol. The van der Waals surface area contributed by atoms with Gasteiger partial charge in [0.25, 0.3) is 0 Å². The Morgan fingerprint density at radius 3 is 2.89 bits per heavy atom. The van der Waals surface area contributed by atoms with E-state index < -0.39 is 11.9 Å². The predicted molar refractivity (Wildman–Crippen MR) is 69.8 cm³/mol. The van der Waals surface area contributed by atoms with Gasteiger partial charge in [0.05, 0.1) is 12.5 Å². The Balaban J connectivity index is 1.86. The van der Waals surface area contributed by atoms with Crippen LogP contribution in [0.25, 0.3) is 0 Å². The number of halogens is 1. The molecule has 1 saturated carbocycles. The zero-order chi connectivity index (χ0) is 13.0. The van der Waals surface area contributed by atoms with Crippen molar-refractivity contribution in [3.63, 3.8) is 0 Å². The lowest BCUT2D eigenvalue weighted by Crippen LogP contribution is -2.22. The van der Waals surface area contributed by atoms with Crippen LogP contribution in [-0.2, 0) is 16.0 Å². The number of hydrogen-bond acceptors (Lipinski definition) is 2. The fourth-order valence-electron chi connectivity index (χ4n) is 1.83. The molecule has 1 unspecified atom stereocenters. The third-order valence-electron chi connectivity index (χ3n) is 3.09. The molecule has 98 valence electrons. The summed E-state index contributed by atoms with van der Waals surface area (Å²) in [6, 6.07) is 7.31. The number of benzene rings is 1. The van der Waals surface area contributed by atoms with Gasteiger partial charge in [0.1, 0.15) is 0 Å². The third kappa shape index (κ3) is 4.31. The molecule has 0 heterocycles. The molecule has 4 heteroatoms. The van der Waals surface area contributed by atoms with Crippen LogP contribution in [0.1, 0.15) is 18.4 Å². The number of carbonyl (C=O) groups is 1. The predicted octanol–water partition coefficient (Wildman–Crippen LogP) is 3.01. The lowest BCUT2D eigenvalue weighted by atomic mass is 10.0. The number of hydrogen-bond donors (Lipinski definition) is 1. The first-order chi connectivity index (χ1) is 8.65. The summed E-state index contributed by atoms with van der Waals surface area (Å²) in [5.41, 5.74) is 0.935. The van der Waals surface area contributed by atoms with Crippen LogP contribution in [0.3, 0.4) is 0 Å². The van der Waals surface area contributed by atoms with E-state index in [4.69, 9.17) is 16.3 Å². The summed E-state index contributed by atoms with van der Waals surface area (Å²) in [5, 5.41) is 9.81. The van der Waals surface area contributed by atoms with Gasteiger partial charge in [0.2, 0.25) is 0 Å². The molecule has 1 aliphatic rings. The Kier molecular flexibility index (Phi) is 4.61. The second-order valence-corrected chi connectivity index (χ2v) is 5.29. The minimum absolute atomic E-state index is 0.276. The van der Waals surface area contributed by atoms with Gasteiger partial charge in [-0.15, -0.1) is 0 Å². The van der Waals surface area contributed by atoms with E-state index >= 15 is 0 Å². The summed E-state index contributed by atoms with van der Waals surface area (Å²) >= 11 is 5.88. The summed E-state index contributed by atoms with van der Waals surface area (Å²) in [6.07, 6.45) is 2.89. The second-order valence-electron chi connectivity index (χ2n) is 4.85. The highest BCUT2D eigenvalue weighted by molar-refractivity contribution is 6.30. The topological polar surface area (TPSA) is 46.5 Å². The molecule has 0 spiro atoms. The quantitative estimate of drug-likeness (QED) is 0.827. The van der Waals surface area contributed by atoms with Crippen LogP contribution in [-0.4, -0.2) is 24.3 Å². The van der Waals surface area contributed by atoms with Gasteiger partial charge in [-0.25, -0.2) is 0 Å². The van der Waals surface area contributed by atoms with Gasteiger partial charge in [-0.1, -0.05) is 23.7 Å². The molecule has 0 aromatic heterocycles. The second kappa shape index (κ2) is 6.21. The molecule has 0 saturated heterocycles. The van der Waals surface area contributed by atoms with Crippen molar-refractivity contribution in [3.05, 3.63) is 34.9 Å². The molecule has 3 nitrogen and oxygen atoms in total. The largest absolute Gasteiger partial charge is 0.481 e. The van der Waals surface area contributed by atoms with Gasteiger partial charge in [0.15, 0.2) is 0 Å². The van der Waals surface area contributed by atoms with Gasteiger partial charge in [-0.3, -0.25) is 4.79 Å². The molecular formula is C14H17ClO3. The molecule has 1 aromatic rings. The van der Waals surface area contributed by atoms with Crippen molar-refractivity contribution in [2.45, 2.75) is 19.3 Å². The number of rotatable bonds is 7. The fourth-order valence-corrected chi connectivity index (χ4v) is 2.04. The first-order valence-electron chi connectivity index (χ1n) is 6.20. The van der Waals surface area contributed by atoms with Crippen molar-refractivity contribution < 1.29 is 14.6 Å². The number of ether oxygens (including phenoxy) is 1. The first-order valence-corrected chi connectivity index (χ1v) is 6.58. The SMILES string of the molecule is O=C(O)C(COCC1CC1)Cc1cccc(Cl)c1. The van der Waals surface area contributed by atoms with Crippen LogP contribution in [0.4, 0.5) is 0 Å². The van der Waals surface area contributed by atoms with Gasteiger partial charge >= 0.3 is 5.97 Å². The molecule has 0 bridgehead atoms. The number of aliphatic carboxylic acids is 1. The third-order valence-corrected chi connectivity index (χ3v) is 3.32. The van der Waals surface area contributed by atoms with Crippen LogP contribution in [0, 0.1) is 11.8 Å². The summed E-state index contributed by atoms with van der Waals surface area (Å²) < 4.78 is 5.47. The lowest BCUT2D eigenvalue weighted by molar-refractivity contribution is -0.143. The van der Waals surface area contributed by atoms with E-state index in [2.05, 4.69) is 0 Å². The lowest BCUT2D eigenvalue weighted by Gasteiger charge is -2.13. The maximum absolute atomic E-state index is 11.2. The molecule has 0 amide bonds. The Labute approximate surface area is 112 Å². The van der Waals surface area contributed by atoms with Crippen LogP contribution in [0.15, 0.2) is 24.3 Å². The van der Waals surface area contributed by atoms with Gasteiger partial charge in [-0.2, -0.15) is 0 Å². The van der Waals surface area contributed by atoms with Gasteiger partial charge < -0.3 is 9.84 Å². The average Bonchev–Trinajstić information content (AvgIpc) is 3.11. The molecule has 0 aliphatic heterocycles. The zero-order valence-corrected chi connectivity index (χ0v) is 10.9. The highest BCUT2D eigenvalue weighted by Crippen LogP contribution is 2.29. The van der Waals surface area contributed by atoms with Crippen LogP contribution in [0.5, 0.6) is 0 Å². The maximum atomic E-state index is 11.2. The fraction of sp³-hybridized carbons (Fsp3) is 0.500. The first kappa shape index (κ1) is 13.4. The van der Waals surface area contributed by atoms with E-state index in [0.717, 1.165) is 5.56 Å². The van der Waals surface area contributed by atoms with E-state index in [-0.39, 0.29) is 6.61 Å². The van der Waals surface area contributed by atoms with Crippen molar-refractivity contribution in [2.24, 2.45) is 11.8 Å². The highest BCUT2D eigenvalue weighted by atomic mass is 35.5. The monoisotopic (exact) mass is 268 g/mol. The van der Waals surface area contributed by atoms with Crippen LogP contribution < -0.4 is 0 Å². The van der Waals surface area contributed by atoms with E-state index in [1.807, 2.05) is 12.1 Å². The van der Waals surface area contributed by atoms with Crippen molar-refractivity contribution in [1.82, 2.24) is 0 Å². The van der Waals surface area contributed by atoms with E-state index in [1.165, 1.54) is 12.8 Å². The van der Waals surface area contributed by atoms with E-state index in [1.54, 1.807) is 12.1 Å². The van der Waals surface area contributed by atoms with E-state index in [9.17, 15) is 9.90 Å². The van der Waals surface area contributed by atoms with Crippen LogP contribution in [0.2, 0.25) is 5.02 Å². The Bertz CT molecular complexity index is 415. The minimum Gasteiger partial charge on any atom is -0.481 e. The van der Waals surface area contributed by atoms with Crippen molar-refractivity contribution in [3.8, 4) is 0 Å². The zero-order valence-electron chi connectivity index (χ0n) is 10.1. The smallest absolute Gasteiger partial charge is 0.309 e. The molecule has 1 aliphatic carbocycles. The Morgan fingerprint density at radius 1 is 1.50 bits per heavy atom. The number of carboxylic acids is 1. The van der Waals surface area contributed by atoms with Crippen molar-refractivity contribution >= 4 is 17.6 Å².